The summed E-state index contributed by atoms with van der Waals surface area (Å²) in [7, 11) is -2.50. The fraction of sp³-hybridized carbons (Fsp3) is 0.429. The number of aryl methyl sites for hydroxylation is 1. The number of carbonyl (C=O) groups is 2. The molecule has 3 rings (SSSR count). The molecule has 0 aliphatic carbocycles. The molecular weight excluding hydrogens is 425 g/mol. The lowest BCUT2D eigenvalue weighted by atomic mass is 9.98. The fourth-order valence-electron chi connectivity index (χ4n) is 3.95. The van der Waals surface area contributed by atoms with Crippen LogP contribution in [-0.2, 0) is 21.9 Å². The first kappa shape index (κ1) is 23.0. The summed E-state index contributed by atoms with van der Waals surface area (Å²) in [5.74, 6) is -2.65. The summed E-state index contributed by atoms with van der Waals surface area (Å²) in [4.78, 5) is 24.3. The van der Waals surface area contributed by atoms with Gasteiger partial charge in [-0.3, -0.25) is 4.79 Å². The highest BCUT2D eigenvalue weighted by Gasteiger charge is 2.38. The second-order valence-electron chi connectivity index (χ2n) is 7.89. The summed E-state index contributed by atoms with van der Waals surface area (Å²) in [6.07, 6.45) is 0.962. The monoisotopic (exact) mass is 451 g/mol. The fourth-order valence-corrected chi connectivity index (χ4v) is 5.96. The third-order valence-corrected chi connectivity index (χ3v) is 7.94. The third kappa shape index (κ3) is 4.22. The Morgan fingerprint density at radius 1 is 1.19 bits per heavy atom. The lowest BCUT2D eigenvalue weighted by Crippen LogP contribution is -2.44. The van der Waals surface area contributed by atoms with Crippen molar-refractivity contribution in [2.75, 3.05) is 18.4 Å². The minimum absolute atomic E-state index is 0.0548. The van der Waals surface area contributed by atoms with Gasteiger partial charge in [-0.1, -0.05) is 0 Å². The number of sulfonamides is 1. The Bertz CT molecular complexity index is 1160. The maximum absolute atomic E-state index is 13.5. The molecule has 0 spiro atoms. The average molecular weight is 452 g/mol. The molecule has 1 amide bonds. The number of aromatic carboxylic acids is 1. The van der Waals surface area contributed by atoms with Crippen LogP contribution in [0, 0.1) is 32.5 Å². The zero-order chi connectivity index (χ0) is 23.1. The molecular formula is C21H26FN3O5S. The largest absolute Gasteiger partial charge is 0.478 e. The molecule has 1 atom stereocenters. The molecule has 2 aromatic rings. The van der Waals surface area contributed by atoms with Crippen molar-refractivity contribution in [2.24, 2.45) is 13.0 Å². The van der Waals surface area contributed by atoms with Gasteiger partial charge in [0.2, 0.25) is 15.9 Å². The number of anilines is 1. The molecule has 1 aliphatic heterocycles. The molecule has 10 heteroatoms. The average Bonchev–Trinajstić information content (AvgIpc) is 2.95. The maximum atomic E-state index is 13.5. The van der Waals surface area contributed by atoms with Crippen LogP contribution in [-0.4, -0.2) is 47.4 Å². The van der Waals surface area contributed by atoms with E-state index in [1.54, 1.807) is 32.4 Å². The van der Waals surface area contributed by atoms with Gasteiger partial charge in [-0.15, -0.1) is 0 Å². The number of halogens is 1. The van der Waals surface area contributed by atoms with Crippen LogP contribution < -0.4 is 5.32 Å². The number of hydrogen-bond donors (Lipinski definition) is 2. The van der Waals surface area contributed by atoms with Crippen LogP contribution in [0.1, 0.15) is 40.2 Å². The van der Waals surface area contributed by atoms with Crippen LogP contribution >= 0.6 is 0 Å². The molecule has 1 aliphatic rings. The predicted octanol–water partition coefficient (Wildman–Crippen LogP) is 2.83. The van der Waals surface area contributed by atoms with Gasteiger partial charge in [-0.25, -0.2) is 17.6 Å². The minimum Gasteiger partial charge on any atom is -0.478 e. The van der Waals surface area contributed by atoms with Crippen molar-refractivity contribution in [3.63, 3.8) is 0 Å². The standard InChI is InChI=1S/C21H26FN3O5S/c1-12-10-16(7-8-17(12)22)23-20(26)15-6-5-9-25(11-15)31(29,30)19-14(3)24(4)13(2)18(19)21(27)28/h7-8,10,15H,5-6,9,11H2,1-4H3,(H,23,26)(H,27,28)/t15-/m0/s1. The number of carboxylic acids is 1. The molecule has 31 heavy (non-hydrogen) atoms. The molecule has 8 nitrogen and oxygen atoms in total. The van der Waals surface area contributed by atoms with E-state index in [1.165, 1.54) is 22.5 Å². The molecule has 2 N–H and O–H groups in total. The van der Waals surface area contributed by atoms with Gasteiger partial charge in [0.25, 0.3) is 0 Å². The first-order valence-electron chi connectivity index (χ1n) is 9.91. The van der Waals surface area contributed by atoms with Gasteiger partial charge in [-0.05, 0) is 57.4 Å². The third-order valence-electron chi connectivity index (χ3n) is 5.92. The number of aromatic nitrogens is 1. The highest BCUT2D eigenvalue weighted by atomic mass is 32.2. The predicted molar refractivity (Wildman–Crippen MR) is 113 cm³/mol. The maximum Gasteiger partial charge on any atom is 0.338 e. The van der Waals surface area contributed by atoms with Crippen molar-refractivity contribution in [3.8, 4) is 0 Å². The van der Waals surface area contributed by atoms with E-state index >= 15 is 0 Å². The number of benzene rings is 1. The van der Waals surface area contributed by atoms with E-state index in [4.69, 9.17) is 0 Å². The Morgan fingerprint density at radius 3 is 2.48 bits per heavy atom. The Labute approximate surface area is 180 Å². The van der Waals surface area contributed by atoms with E-state index in [2.05, 4.69) is 5.32 Å². The van der Waals surface area contributed by atoms with Crippen LogP contribution in [0.4, 0.5) is 10.1 Å². The summed E-state index contributed by atoms with van der Waals surface area (Å²) in [5, 5.41) is 12.3. The normalized spacial score (nSPS) is 17.5. The van der Waals surface area contributed by atoms with Crippen LogP contribution in [0.25, 0.3) is 0 Å². The van der Waals surface area contributed by atoms with E-state index in [0.717, 1.165) is 0 Å². The molecule has 2 heterocycles. The molecule has 0 radical (unpaired) electrons. The molecule has 0 bridgehead atoms. The molecule has 1 aromatic heterocycles. The number of carboxylic acid groups (broad SMARTS) is 1. The molecule has 0 saturated carbocycles. The number of piperidine rings is 1. The van der Waals surface area contributed by atoms with Crippen LogP contribution in [0.2, 0.25) is 0 Å². The number of carbonyl (C=O) groups excluding carboxylic acids is 1. The second-order valence-corrected chi connectivity index (χ2v) is 9.77. The van der Waals surface area contributed by atoms with Crippen LogP contribution in [0.15, 0.2) is 23.1 Å². The second kappa shape index (κ2) is 8.43. The lowest BCUT2D eigenvalue weighted by molar-refractivity contribution is -0.120. The van der Waals surface area contributed by atoms with Gasteiger partial charge in [0.05, 0.1) is 5.92 Å². The van der Waals surface area contributed by atoms with E-state index < -0.39 is 21.9 Å². The number of nitrogens with one attached hydrogen (secondary N) is 1. The zero-order valence-corrected chi connectivity index (χ0v) is 18.7. The first-order chi connectivity index (χ1) is 14.4. The van der Waals surface area contributed by atoms with Crippen molar-refractivity contribution in [1.82, 2.24) is 8.87 Å². The van der Waals surface area contributed by atoms with Crippen LogP contribution in [0.5, 0.6) is 0 Å². The molecule has 0 unspecified atom stereocenters. The quantitative estimate of drug-likeness (QED) is 0.727. The summed E-state index contributed by atoms with van der Waals surface area (Å²) in [5.41, 5.74) is 1.27. The van der Waals surface area contributed by atoms with Crippen molar-refractivity contribution in [1.29, 1.82) is 0 Å². The summed E-state index contributed by atoms with van der Waals surface area (Å²) in [6, 6.07) is 4.23. The Kier molecular flexibility index (Phi) is 6.24. The Morgan fingerprint density at radius 2 is 1.87 bits per heavy atom. The molecule has 168 valence electrons. The number of amides is 1. The Hall–Kier alpha value is -2.72. The van der Waals surface area contributed by atoms with Crippen molar-refractivity contribution in [3.05, 3.63) is 46.5 Å². The molecule has 1 saturated heterocycles. The minimum atomic E-state index is -4.12. The van der Waals surface area contributed by atoms with Crippen LogP contribution in [0.3, 0.4) is 0 Å². The van der Waals surface area contributed by atoms with Crippen molar-refractivity contribution >= 4 is 27.6 Å². The molecule has 1 fully saturated rings. The van der Waals surface area contributed by atoms with Gasteiger partial charge in [-0.2, -0.15) is 4.31 Å². The first-order valence-corrected chi connectivity index (χ1v) is 11.4. The number of nitrogens with zero attached hydrogens (tertiary/aromatic N) is 2. The smallest absolute Gasteiger partial charge is 0.338 e. The SMILES string of the molecule is Cc1cc(NC(=O)[C@H]2CCCN(S(=O)(=O)c3c(C(=O)O)c(C)n(C)c3C)C2)ccc1F. The summed E-state index contributed by atoms with van der Waals surface area (Å²) >= 11 is 0. The number of rotatable bonds is 5. The van der Waals surface area contributed by atoms with Gasteiger partial charge >= 0.3 is 5.97 Å². The highest BCUT2D eigenvalue weighted by Crippen LogP contribution is 2.31. The van der Waals surface area contributed by atoms with Crippen molar-refractivity contribution < 1.29 is 27.5 Å². The van der Waals surface area contributed by atoms with Gasteiger partial charge in [0, 0.05) is 37.2 Å². The Balaban J connectivity index is 1.86. The summed E-state index contributed by atoms with van der Waals surface area (Å²) in [6.45, 7) is 4.86. The van der Waals surface area contributed by atoms with Crippen molar-refractivity contribution in [2.45, 2.75) is 38.5 Å². The lowest BCUT2D eigenvalue weighted by Gasteiger charge is -2.31. The van der Waals surface area contributed by atoms with Gasteiger partial charge in [0.15, 0.2) is 0 Å². The number of hydrogen-bond acceptors (Lipinski definition) is 4. The zero-order valence-electron chi connectivity index (χ0n) is 17.9. The summed E-state index contributed by atoms with van der Waals surface area (Å²) < 4.78 is 43.0. The van der Waals surface area contributed by atoms with Gasteiger partial charge in [0.1, 0.15) is 16.3 Å². The highest BCUT2D eigenvalue weighted by molar-refractivity contribution is 7.89. The van der Waals surface area contributed by atoms with E-state index in [1.807, 2.05) is 0 Å². The van der Waals surface area contributed by atoms with E-state index in [0.29, 0.717) is 35.5 Å². The van der Waals surface area contributed by atoms with E-state index in [9.17, 15) is 27.5 Å². The topological polar surface area (TPSA) is 109 Å². The molecule has 1 aromatic carbocycles. The van der Waals surface area contributed by atoms with Gasteiger partial charge < -0.3 is 15.0 Å². The van der Waals surface area contributed by atoms with E-state index in [-0.39, 0.29) is 35.3 Å².